The van der Waals surface area contributed by atoms with Crippen molar-refractivity contribution in [2.24, 2.45) is 0 Å². The van der Waals surface area contributed by atoms with Gasteiger partial charge in [-0.25, -0.2) is 0 Å². The number of aromatic nitrogens is 2. The zero-order chi connectivity index (χ0) is 9.71. The maximum absolute atomic E-state index is 4.43. The molecule has 2 aromatic rings. The van der Waals surface area contributed by atoms with Crippen molar-refractivity contribution in [2.75, 3.05) is 0 Å². The number of fused-ring (bicyclic) bond motifs is 1. The SMILES string of the molecule is Cc1cnc(C)c2c1ccn2C1CC1. The lowest BCUT2D eigenvalue weighted by atomic mass is 10.2. The molecule has 1 saturated carbocycles. The van der Waals surface area contributed by atoms with Gasteiger partial charge in [0, 0.05) is 23.8 Å². The first-order valence-corrected chi connectivity index (χ1v) is 5.20. The van der Waals surface area contributed by atoms with Gasteiger partial charge in [0.1, 0.15) is 0 Å². The van der Waals surface area contributed by atoms with E-state index < -0.39 is 0 Å². The van der Waals surface area contributed by atoms with Crippen LogP contribution in [0.3, 0.4) is 0 Å². The van der Waals surface area contributed by atoms with Gasteiger partial charge in [-0.1, -0.05) is 0 Å². The molecule has 1 aliphatic rings. The average molecular weight is 186 g/mol. The van der Waals surface area contributed by atoms with Crippen molar-refractivity contribution in [1.82, 2.24) is 9.55 Å². The highest BCUT2D eigenvalue weighted by Gasteiger charge is 2.25. The molecule has 0 bridgehead atoms. The second kappa shape index (κ2) is 2.59. The van der Waals surface area contributed by atoms with Crippen molar-refractivity contribution < 1.29 is 0 Å². The Morgan fingerprint density at radius 3 is 2.86 bits per heavy atom. The first-order valence-electron chi connectivity index (χ1n) is 5.20. The van der Waals surface area contributed by atoms with Crippen molar-refractivity contribution in [1.29, 1.82) is 0 Å². The van der Waals surface area contributed by atoms with Crippen molar-refractivity contribution >= 4 is 10.9 Å². The summed E-state index contributed by atoms with van der Waals surface area (Å²) in [6, 6.07) is 2.97. The van der Waals surface area contributed by atoms with E-state index >= 15 is 0 Å². The van der Waals surface area contributed by atoms with E-state index in [2.05, 4.69) is 35.7 Å². The normalized spacial score (nSPS) is 16.4. The maximum atomic E-state index is 4.43. The summed E-state index contributed by atoms with van der Waals surface area (Å²) in [5.41, 5.74) is 3.78. The number of hydrogen-bond donors (Lipinski definition) is 0. The standard InChI is InChI=1S/C12H14N2/c1-8-7-13-9(2)12-11(8)5-6-14(12)10-3-4-10/h5-7,10H,3-4H2,1-2H3. The zero-order valence-corrected chi connectivity index (χ0v) is 8.62. The number of hydrogen-bond acceptors (Lipinski definition) is 1. The van der Waals surface area contributed by atoms with E-state index in [1.807, 2.05) is 6.20 Å². The largest absolute Gasteiger partial charge is 0.343 e. The third kappa shape index (κ3) is 0.999. The molecule has 0 spiro atoms. The van der Waals surface area contributed by atoms with Gasteiger partial charge < -0.3 is 4.57 Å². The Bertz CT molecular complexity index is 492. The summed E-state index contributed by atoms with van der Waals surface area (Å²) in [4.78, 5) is 4.43. The molecular weight excluding hydrogens is 172 g/mol. The summed E-state index contributed by atoms with van der Waals surface area (Å²) in [6.45, 7) is 4.23. The van der Waals surface area contributed by atoms with E-state index in [0.717, 1.165) is 11.7 Å². The van der Waals surface area contributed by atoms with Crippen LogP contribution in [0.15, 0.2) is 18.5 Å². The van der Waals surface area contributed by atoms with Gasteiger partial charge in [0.2, 0.25) is 0 Å². The Balaban J connectivity index is 2.37. The summed E-state index contributed by atoms with van der Waals surface area (Å²) >= 11 is 0. The van der Waals surface area contributed by atoms with Crippen LogP contribution in [0.25, 0.3) is 10.9 Å². The molecule has 0 amide bonds. The minimum Gasteiger partial charge on any atom is -0.343 e. The predicted octanol–water partition coefficient (Wildman–Crippen LogP) is 2.99. The lowest BCUT2D eigenvalue weighted by Gasteiger charge is -2.05. The van der Waals surface area contributed by atoms with Crippen LogP contribution in [0.4, 0.5) is 0 Å². The molecule has 2 heterocycles. The molecule has 0 atom stereocenters. The maximum Gasteiger partial charge on any atom is 0.0701 e. The van der Waals surface area contributed by atoms with Crippen LogP contribution < -0.4 is 0 Å². The summed E-state index contributed by atoms with van der Waals surface area (Å²) in [5, 5.41) is 1.37. The Morgan fingerprint density at radius 2 is 2.14 bits per heavy atom. The van der Waals surface area contributed by atoms with Crippen molar-refractivity contribution in [2.45, 2.75) is 32.7 Å². The Kier molecular flexibility index (Phi) is 1.49. The van der Waals surface area contributed by atoms with E-state index in [9.17, 15) is 0 Å². The first kappa shape index (κ1) is 8.04. The molecule has 72 valence electrons. The van der Waals surface area contributed by atoms with Crippen LogP contribution >= 0.6 is 0 Å². The fraction of sp³-hybridized carbons (Fsp3) is 0.417. The molecule has 0 radical (unpaired) electrons. The van der Waals surface area contributed by atoms with Gasteiger partial charge in [0.05, 0.1) is 11.2 Å². The van der Waals surface area contributed by atoms with Crippen molar-refractivity contribution in [3.05, 3.63) is 29.7 Å². The van der Waals surface area contributed by atoms with Gasteiger partial charge in [-0.3, -0.25) is 4.98 Å². The second-order valence-electron chi connectivity index (χ2n) is 4.24. The molecule has 2 aromatic heterocycles. The molecule has 0 aromatic carbocycles. The summed E-state index contributed by atoms with van der Waals surface area (Å²) < 4.78 is 2.39. The van der Waals surface area contributed by atoms with Crippen molar-refractivity contribution in [3.63, 3.8) is 0 Å². The summed E-state index contributed by atoms with van der Waals surface area (Å²) in [5.74, 6) is 0. The smallest absolute Gasteiger partial charge is 0.0701 e. The van der Waals surface area contributed by atoms with E-state index in [1.54, 1.807) is 0 Å². The van der Waals surface area contributed by atoms with Gasteiger partial charge in [-0.05, 0) is 38.3 Å². The Labute approximate surface area is 83.6 Å². The second-order valence-corrected chi connectivity index (χ2v) is 4.24. The molecule has 0 N–H and O–H groups in total. The molecule has 2 nitrogen and oxygen atoms in total. The van der Waals surface area contributed by atoms with E-state index in [-0.39, 0.29) is 0 Å². The molecule has 1 aliphatic carbocycles. The monoisotopic (exact) mass is 186 g/mol. The highest BCUT2D eigenvalue weighted by molar-refractivity contribution is 5.85. The zero-order valence-electron chi connectivity index (χ0n) is 8.62. The summed E-state index contributed by atoms with van der Waals surface area (Å²) in [7, 11) is 0. The van der Waals surface area contributed by atoms with Gasteiger partial charge in [0.15, 0.2) is 0 Å². The third-order valence-corrected chi connectivity index (χ3v) is 3.07. The molecule has 0 saturated heterocycles. The molecule has 0 unspecified atom stereocenters. The van der Waals surface area contributed by atoms with Crippen LogP contribution in [0.2, 0.25) is 0 Å². The topological polar surface area (TPSA) is 17.8 Å². The Morgan fingerprint density at radius 1 is 1.36 bits per heavy atom. The number of nitrogens with zero attached hydrogens (tertiary/aromatic N) is 2. The minimum atomic E-state index is 0.745. The van der Waals surface area contributed by atoms with E-state index in [0.29, 0.717) is 0 Å². The van der Waals surface area contributed by atoms with E-state index in [4.69, 9.17) is 0 Å². The molecule has 0 aliphatic heterocycles. The number of rotatable bonds is 1. The predicted molar refractivity (Wildman–Crippen MR) is 57.5 cm³/mol. The summed E-state index contributed by atoms with van der Waals surface area (Å²) in [6.07, 6.45) is 6.84. The Hall–Kier alpha value is -1.31. The van der Waals surface area contributed by atoms with Crippen LogP contribution in [0.1, 0.15) is 30.1 Å². The average Bonchev–Trinajstić information content (AvgIpc) is 2.91. The number of pyridine rings is 1. The lowest BCUT2D eigenvalue weighted by molar-refractivity contribution is 0.771. The van der Waals surface area contributed by atoms with Crippen LogP contribution in [0.5, 0.6) is 0 Å². The first-order chi connectivity index (χ1) is 6.77. The van der Waals surface area contributed by atoms with Gasteiger partial charge in [-0.15, -0.1) is 0 Å². The molecule has 1 fully saturated rings. The fourth-order valence-electron chi connectivity index (χ4n) is 2.13. The minimum absolute atomic E-state index is 0.745. The van der Waals surface area contributed by atoms with Crippen LogP contribution in [-0.2, 0) is 0 Å². The van der Waals surface area contributed by atoms with Gasteiger partial charge >= 0.3 is 0 Å². The quantitative estimate of drug-likeness (QED) is 0.669. The number of aryl methyl sites for hydroxylation is 2. The van der Waals surface area contributed by atoms with Gasteiger partial charge in [0.25, 0.3) is 0 Å². The van der Waals surface area contributed by atoms with Crippen LogP contribution in [-0.4, -0.2) is 9.55 Å². The van der Waals surface area contributed by atoms with Crippen molar-refractivity contribution in [3.8, 4) is 0 Å². The van der Waals surface area contributed by atoms with Crippen LogP contribution in [0, 0.1) is 13.8 Å². The lowest BCUT2D eigenvalue weighted by Crippen LogP contribution is -1.95. The third-order valence-electron chi connectivity index (χ3n) is 3.07. The molecular formula is C12H14N2. The molecule has 3 rings (SSSR count). The van der Waals surface area contributed by atoms with Gasteiger partial charge in [-0.2, -0.15) is 0 Å². The van der Waals surface area contributed by atoms with E-state index in [1.165, 1.54) is 29.3 Å². The highest BCUT2D eigenvalue weighted by atomic mass is 15.0. The molecule has 14 heavy (non-hydrogen) atoms. The molecule has 2 heteroatoms. The highest BCUT2D eigenvalue weighted by Crippen LogP contribution is 2.38. The fourth-order valence-corrected chi connectivity index (χ4v) is 2.13.